The van der Waals surface area contributed by atoms with Crippen LogP contribution in [0.3, 0.4) is 0 Å². The van der Waals surface area contributed by atoms with Crippen molar-refractivity contribution >= 4 is 0 Å². The molecule has 0 aromatic heterocycles. The zero-order chi connectivity index (χ0) is 8.97. The Bertz CT molecular complexity index is 128. The second-order valence-electron chi connectivity index (χ2n) is 2.96. The maximum Gasteiger partial charge on any atom is 0.114 e. The summed E-state index contributed by atoms with van der Waals surface area (Å²) < 4.78 is 10.4. The summed E-state index contributed by atoms with van der Waals surface area (Å²) in [4.78, 5) is 0. The highest BCUT2D eigenvalue weighted by Crippen LogP contribution is 2.17. The van der Waals surface area contributed by atoms with Crippen molar-refractivity contribution in [3.05, 3.63) is 0 Å². The van der Waals surface area contributed by atoms with Gasteiger partial charge in [0, 0.05) is 6.61 Å². The molecule has 0 amide bonds. The van der Waals surface area contributed by atoms with E-state index in [0.717, 1.165) is 6.42 Å². The summed E-state index contributed by atoms with van der Waals surface area (Å²) in [5, 5.41) is 18.2. The Balaban J connectivity index is 2.35. The summed E-state index contributed by atoms with van der Waals surface area (Å²) in [7, 11) is 0. The number of hydrogen-bond donors (Lipinski definition) is 2. The average molecular weight is 176 g/mol. The fraction of sp³-hybridized carbons (Fsp3) is 1.00. The topological polar surface area (TPSA) is 58.9 Å². The van der Waals surface area contributed by atoms with Crippen LogP contribution in [0, 0.1) is 0 Å². The van der Waals surface area contributed by atoms with Gasteiger partial charge in [-0.1, -0.05) is 6.92 Å². The summed E-state index contributed by atoms with van der Waals surface area (Å²) in [5.41, 5.74) is 0. The van der Waals surface area contributed by atoms with Crippen LogP contribution < -0.4 is 0 Å². The van der Waals surface area contributed by atoms with Crippen LogP contribution >= 0.6 is 0 Å². The number of hydrogen-bond acceptors (Lipinski definition) is 4. The molecule has 1 rings (SSSR count). The number of rotatable bonds is 4. The lowest BCUT2D eigenvalue weighted by atomic mass is 10.1. The van der Waals surface area contributed by atoms with Crippen molar-refractivity contribution in [1.29, 1.82) is 0 Å². The average Bonchev–Trinajstić information content (AvgIpc) is 2.43. The van der Waals surface area contributed by atoms with Gasteiger partial charge in [-0.25, -0.2) is 0 Å². The fourth-order valence-electron chi connectivity index (χ4n) is 1.29. The van der Waals surface area contributed by atoms with Crippen molar-refractivity contribution in [3.63, 3.8) is 0 Å². The van der Waals surface area contributed by atoms with E-state index in [4.69, 9.17) is 14.6 Å². The minimum absolute atomic E-state index is 0.0918. The molecule has 0 radical (unpaired) electrons. The van der Waals surface area contributed by atoms with Gasteiger partial charge in [-0.2, -0.15) is 0 Å². The van der Waals surface area contributed by atoms with Gasteiger partial charge in [0.15, 0.2) is 0 Å². The van der Waals surface area contributed by atoms with Gasteiger partial charge in [-0.05, 0) is 6.42 Å². The standard InChI is InChI=1S/C8H16O4/c1-2-3-11-8-6(10)5-12-7(8)4-9/h6-10H,2-5H2,1H3/t6-,7+,8-/m0/s1. The quantitative estimate of drug-likeness (QED) is 0.608. The van der Waals surface area contributed by atoms with Crippen LogP contribution in [-0.4, -0.2) is 48.3 Å². The molecular formula is C8H16O4. The summed E-state index contributed by atoms with van der Waals surface area (Å²) in [6.07, 6.45) is -0.392. The van der Waals surface area contributed by atoms with Crippen LogP contribution in [0.15, 0.2) is 0 Å². The van der Waals surface area contributed by atoms with Crippen LogP contribution in [0.25, 0.3) is 0 Å². The van der Waals surface area contributed by atoms with Gasteiger partial charge in [0.05, 0.1) is 13.2 Å². The van der Waals surface area contributed by atoms with Crippen LogP contribution in [0.5, 0.6) is 0 Å². The zero-order valence-electron chi connectivity index (χ0n) is 7.27. The first-order chi connectivity index (χ1) is 5.79. The third-order valence-corrected chi connectivity index (χ3v) is 1.92. The van der Waals surface area contributed by atoms with Crippen LogP contribution in [0.1, 0.15) is 13.3 Å². The van der Waals surface area contributed by atoms with Crippen molar-refractivity contribution in [2.45, 2.75) is 31.7 Å². The molecule has 4 heteroatoms. The predicted molar refractivity (Wildman–Crippen MR) is 42.9 cm³/mol. The van der Waals surface area contributed by atoms with Crippen molar-refractivity contribution in [3.8, 4) is 0 Å². The molecule has 0 aromatic rings. The highest BCUT2D eigenvalue weighted by atomic mass is 16.6. The Labute approximate surface area is 72.1 Å². The van der Waals surface area contributed by atoms with Crippen molar-refractivity contribution in [2.24, 2.45) is 0 Å². The van der Waals surface area contributed by atoms with Gasteiger partial charge in [0.25, 0.3) is 0 Å². The first kappa shape index (κ1) is 9.92. The van der Waals surface area contributed by atoms with E-state index < -0.39 is 6.10 Å². The second-order valence-corrected chi connectivity index (χ2v) is 2.96. The molecule has 72 valence electrons. The molecule has 1 heterocycles. The molecule has 3 atom stereocenters. The lowest BCUT2D eigenvalue weighted by Gasteiger charge is -2.18. The SMILES string of the molecule is CCCO[C@H]1[C@@H](O)CO[C@@H]1CO. The van der Waals surface area contributed by atoms with Crippen molar-refractivity contribution < 1.29 is 19.7 Å². The molecule has 0 unspecified atom stereocenters. The fourth-order valence-corrected chi connectivity index (χ4v) is 1.29. The van der Waals surface area contributed by atoms with Gasteiger partial charge in [0.1, 0.15) is 18.3 Å². The molecule has 1 aliphatic heterocycles. The minimum atomic E-state index is -0.589. The third kappa shape index (κ3) is 2.17. The third-order valence-electron chi connectivity index (χ3n) is 1.92. The molecule has 1 saturated heterocycles. The second kappa shape index (κ2) is 4.77. The molecule has 12 heavy (non-hydrogen) atoms. The van der Waals surface area contributed by atoms with Gasteiger partial charge in [-0.15, -0.1) is 0 Å². The lowest BCUT2D eigenvalue weighted by molar-refractivity contribution is -0.0525. The van der Waals surface area contributed by atoms with E-state index in [1.807, 2.05) is 6.92 Å². The number of aliphatic hydroxyl groups excluding tert-OH is 2. The van der Waals surface area contributed by atoms with Crippen LogP contribution in [0.4, 0.5) is 0 Å². The van der Waals surface area contributed by atoms with Crippen LogP contribution in [-0.2, 0) is 9.47 Å². The monoisotopic (exact) mass is 176 g/mol. The van der Waals surface area contributed by atoms with E-state index in [0.29, 0.717) is 6.61 Å². The molecule has 1 fully saturated rings. The van der Waals surface area contributed by atoms with E-state index in [1.54, 1.807) is 0 Å². The first-order valence-corrected chi connectivity index (χ1v) is 4.31. The molecule has 0 saturated carbocycles. The maximum atomic E-state index is 9.36. The molecule has 4 nitrogen and oxygen atoms in total. The van der Waals surface area contributed by atoms with Gasteiger partial charge >= 0.3 is 0 Å². The summed E-state index contributed by atoms with van der Waals surface area (Å²) in [5.74, 6) is 0. The van der Waals surface area contributed by atoms with Crippen LogP contribution in [0.2, 0.25) is 0 Å². The highest BCUT2D eigenvalue weighted by Gasteiger charge is 2.36. The van der Waals surface area contributed by atoms with E-state index >= 15 is 0 Å². The normalized spacial score (nSPS) is 35.8. The van der Waals surface area contributed by atoms with E-state index in [9.17, 15) is 5.11 Å². The summed E-state index contributed by atoms with van der Waals surface area (Å²) in [6.45, 7) is 2.77. The highest BCUT2D eigenvalue weighted by molar-refractivity contribution is 4.84. The lowest BCUT2D eigenvalue weighted by Crippen LogP contribution is -2.35. The van der Waals surface area contributed by atoms with Gasteiger partial charge < -0.3 is 19.7 Å². The molecule has 0 aromatic carbocycles. The Morgan fingerprint density at radius 1 is 1.58 bits per heavy atom. The molecule has 0 spiro atoms. The Morgan fingerprint density at radius 2 is 2.33 bits per heavy atom. The molecule has 2 N–H and O–H groups in total. The smallest absolute Gasteiger partial charge is 0.114 e. The molecule has 0 aliphatic carbocycles. The van der Waals surface area contributed by atoms with Gasteiger partial charge in [0.2, 0.25) is 0 Å². The van der Waals surface area contributed by atoms with Gasteiger partial charge in [-0.3, -0.25) is 0 Å². The van der Waals surface area contributed by atoms with Crippen molar-refractivity contribution in [2.75, 3.05) is 19.8 Å². The van der Waals surface area contributed by atoms with E-state index in [2.05, 4.69) is 0 Å². The molecule has 1 aliphatic rings. The Morgan fingerprint density at radius 3 is 2.92 bits per heavy atom. The summed E-state index contributed by atoms with van der Waals surface area (Å²) in [6, 6.07) is 0. The Hall–Kier alpha value is -0.160. The Kier molecular flexibility index (Phi) is 3.94. The minimum Gasteiger partial charge on any atom is -0.394 e. The largest absolute Gasteiger partial charge is 0.394 e. The molecular weight excluding hydrogens is 160 g/mol. The maximum absolute atomic E-state index is 9.36. The zero-order valence-corrected chi connectivity index (χ0v) is 7.27. The molecule has 0 bridgehead atoms. The predicted octanol–water partition coefficient (Wildman–Crippen LogP) is -0.466. The van der Waals surface area contributed by atoms with E-state index in [1.165, 1.54) is 0 Å². The van der Waals surface area contributed by atoms with E-state index in [-0.39, 0.29) is 25.4 Å². The summed E-state index contributed by atoms with van der Waals surface area (Å²) >= 11 is 0. The number of aliphatic hydroxyl groups is 2. The van der Waals surface area contributed by atoms with Crippen molar-refractivity contribution in [1.82, 2.24) is 0 Å². The first-order valence-electron chi connectivity index (χ1n) is 4.31. The number of ether oxygens (including phenoxy) is 2.